The van der Waals surface area contributed by atoms with Gasteiger partial charge in [0.15, 0.2) is 0 Å². The van der Waals surface area contributed by atoms with E-state index in [4.69, 9.17) is 5.73 Å². The highest BCUT2D eigenvalue weighted by atomic mass is 16.2. The number of carbonyl (C=O) groups is 1. The van der Waals surface area contributed by atoms with Crippen molar-refractivity contribution in [3.8, 4) is 0 Å². The lowest BCUT2D eigenvalue weighted by atomic mass is 10.1. The van der Waals surface area contributed by atoms with Crippen molar-refractivity contribution in [1.82, 2.24) is 10.2 Å². The van der Waals surface area contributed by atoms with Gasteiger partial charge < -0.3 is 11.1 Å². The molecular formula is C11H23N3O. The largest absolute Gasteiger partial charge is 0.355 e. The van der Waals surface area contributed by atoms with Gasteiger partial charge in [0.05, 0.1) is 6.04 Å². The van der Waals surface area contributed by atoms with Gasteiger partial charge in [-0.2, -0.15) is 0 Å². The number of amides is 1. The summed E-state index contributed by atoms with van der Waals surface area (Å²) in [6, 6.07) is -0.0140. The van der Waals surface area contributed by atoms with Crippen LogP contribution >= 0.6 is 0 Å². The standard InChI is InChI=1S/C11H23N3O/c1-9(2)8-14-7-3-6-13-11(15)10(14)4-5-12/h9-10H,3-8,12H2,1-2H3,(H,13,15). The van der Waals surface area contributed by atoms with Gasteiger partial charge in [-0.05, 0) is 25.3 Å². The first-order valence-electron chi connectivity index (χ1n) is 5.87. The van der Waals surface area contributed by atoms with Crippen molar-refractivity contribution in [2.45, 2.75) is 32.7 Å². The van der Waals surface area contributed by atoms with Crippen LogP contribution in [-0.4, -0.2) is 43.0 Å². The molecule has 0 aromatic rings. The maximum atomic E-state index is 11.8. The first-order chi connectivity index (χ1) is 7.15. The second kappa shape index (κ2) is 6.08. The van der Waals surface area contributed by atoms with Crippen LogP contribution in [0.15, 0.2) is 0 Å². The van der Waals surface area contributed by atoms with Crippen LogP contribution in [0.25, 0.3) is 0 Å². The maximum absolute atomic E-state index is 11.8. The third-order valence-corrected chi connectivity index (χ3v) is 2.70. The summed E-state index contributed by atoms with van der Waals surface area (Å²) >= 11 is 0. The average Bonchev–Trinajstić information content (AvgIpc) is 2.32. The van der Waals surface area contributed by atoms with Gasteiger partial charge >= 0.3 is 0 Å². The Kier molecular flexibility index (Phi) is 5.05. The number of nitrogens with two attached hydrogens (primary N) is 1. The van der Waals surface area contributed by atoms with Crippen molar-refractivity contribution in [2.24, 2.45) is 11.7 Å². The zero-order valence-corrected chi connectivity index (χ0v) is 9.83. The Labute approximate surface area is 92.2 Å². The highest BCUT2D eigenvalue weighted by molar-refractivity contribution is 5.81. The summed E-state index contributed by atoms with van der Waals surface area (Å²) in [6.45, 7) is 7.73. The molecule has 0 bridgehead atoms. The fraction of sp³-hybridized carbons (Fsp3) is 0.909. The van der Waals surface area contributed by atoms with Gasteiger partial charge in [-0.25, -0.2) is 0 Å². The fourth-order valence-electron chi connectivity index (χ4n) is 2.09. The number of nitrogens with zero attached hydrogens (tertiary/aromatic N) is 1. The van der Waals surface area contributed by atoms with Crippen molar-refractivity contribution >= 4 is 5.91 Å². The number of rotatable bonds is 4. The van der Waals surface area contributed by atoms with Gasteiger partial charge in [0.2, 0.25) is 5.91 Å². The van der Waals surface area contributed by atoms with E-state index in [1.807, 2.05) is 0 Å². The van der Waals surface area contributed by atoms with Crippen molar-refractivity contribution in [1.29, 1.82) is 0 Å². The second-order valence-corrected chi connectivity index (χ2v) is 4.63. The van der Waals surface area contributed by atoms with E-state index < -0.39 is 0 Å². The normalized spacial score (nSPS) is 24.0. The van der Waals surface area contributed by atoms with Crippen LogP contribution in [0, 0.1) is 5.92 Å². The van der Waals surface area contributed by atoms with E-state index in [-0.39, 0.29) is 11.9 Å². The predicted octanol–water partition coefficient (Wildman–Crippen LogP) is 0.182. The first kappa shape index (κ1) is 12.5. The smallest absolute Gasteiger partial charge is 0.237 e. The van der Waals surface area contributed by atoms with Crippen LogP contribution in [0.1, 0.15) is 26.7 Å². The zero-order valence-electron chi connectivity index (χ0n) is 9.83. The van der Waals surface area contributed by atoms with Crippen LogP contribution in [-0.2, 0) is 4.79 Å². The molecule has 0 aromatic heterocycles. The minimum Gasteiger partial charge on any atom is -0.355 e. The summed E-state index contributed by atoms with van der Waals surface area (Å²) in [5.41, 5.74) is 5.56. The van der Waals surface area contributed by atoms with Gasteiger partial charge in [0, 0.05) is 19.6 Å². The SMILES string of the molecule is CC(C)CN1CCCNC(=O)C1CCN. The van der Waals surface area contributed by atoms with E-state index in [2.05, 4.69) is 24.1 Å². The Morgan fingerprint density at radius 2 is 2.33 bits per heavy atom. The van der Waals surface area contributed by atoms with Gasteiger partial charge in [0.1, 0.15) is 0 Å². The predicted molar refractivity (Wildman–Crippen MR) is 61.5 cm³/mol. The third kappa shape index (κ3) is 3.80. The molecule has 88 valence electrons. The van der Waals surface area contributed by atoms with E-state index in [1.165, 1.54) is 0 Å². The molecule has 1 aliphatic rings. The highest BCUT2D eigenvalue weighted by Gasteiger charge is 2.27. The molecule has 0 saturated carbocycles. The fourth-order valence-corrected chi connectivity index (χ4v) is 2.09. The van der Waals surface area contributed by atoms with E-state index in [0.717, 1.165) is 32.5 Å². The number of carbonyl (C=O) groups excluding carboxylic acids is 1. The lowest BCUT2D eigenvalue weighted by molar-refractivity contribution is -0.125. The monoisotopic (exact) mass is 213 g/mol. The summed E-state index contributed by atoms with van der Waals surface area (Å²) in [5.74, 6) is 0.745. The lowest BCUT2D eigenvalue weighted by Gasteiger charge is -2.29. The zero-order chi connectivity index (χ0) is 11.3. The highest BCUT2D eigenvalue weighted by Crippen LogP contribution is 2.11. The summed E-state index contributed by atoms with van der Waals surface area (Å²) in [6.07, 6.45) is 1.80. The minimum atomic E-state index is -0.0140. The summed E-state index contributed by atoms with van der Waals surface area (Å²) in [7, 11) is 0. The van der Waals surface area contributed by atoms with Gasteiger partial charge in [-0.3, -0.25) is 9.69 Å². The molecule has 0 aliphatic carbocycles. The van der Waals surface area contributed by atoms with E-state index in [0.29, 0.717) is 12.5 Å². The number of hydrogen-bond acceptors (Lipinski definition) is 3. The van der Waals surface area contributed by atoms with Crippen molar-refractivity contribution in [3.05, 3.63) is 0 Å². The van der Waals surface area contributed by atoms with Gasteiger partial charge in [-0.1, -0.05) is 13.8 Å². The molecule has 1 rings (SSSR count). The molecule has 4 nitrogen and oxygen atoms in total. The van der Waals surface area contributed by atoms with E-state index in [9.17, 15) is 4.79 Å². The molecule has 1 unspecified atom stereocenters. The molecular weight excluding hydrogens is 190 g/mol. The van der Waals surface area contributed by atoms with E-state index >= 15 is 0 Å². The Hall–Kier alpha value is -0.610. The summed E-state index contributed by atoms with van der Waals surface area (Å²) in [4.78, 5) is 14.1. The summed E-state index contributed by atoms with van der Waals surface area (Å²) < 4.78 is 0. The van der Waals surface area contributed by atoms with Crippen LogP contribution < -0.4 is 11.1 Å². The lowest BCUT2D eigenvalue weighted by Crippen LogP contribution is -2.46. The van der Waals surface area contributed by atoms with E-state index in [1.54, 1.807) is 0 Å². The molecule has 1 atom stereocenters. The molecule has 0 aromatic carbocycles. The molecule has 1 amide bonds. The second-order valence-electron chi connectivity index (χ2n) is 4.63. The average molecular weight is 213 g/mol. The molecule has 15 heavy (non-hydrogen) atoms. The molecule has 4 heteroatoms. The minimum absolute atomic E-state index is 0.0140. The molecule has 0 spiro atoms. The molecule has 1 aliphatic heterocycles. The summed E-state index contributed by atoms with van der Waals surface area (Å²) in [5, 5.41) is 2.95. The maximum Gasteiger partial charge on any atom is 0.237 e. The molecule has 3 N–H and O–H groups in total. The van der Waals surface area contributed by atoms with Gasteiger partial charge in [0.25, 0.3) is 0 Å². The van der Waals surface area contributed by atoms with Crippen LogP contribution in [0.2, 0.25) is 0 Å². The number of hydrogen-bond donors (Lipinski definition) is 2. The van der Waals surface area contributed by atoms with Gasteiger partial charge in [-0.15, -0.1) is 0 Å². The Bertz CT molecular complexity index is 206. The van der Waals surface area contributed by atoms with Crippen molar-refractivity contribution < 1.29 is 4.79 Å². The quantitative estimate of drug-likeness (QED) is 0.700. The Balaban J connectivity index is 2.63. The van der Waals surface area contributed by atoms with Crippen LogP contribution in [0.5, 0.6) is 0 Å². The molecule has 0 radical (unpaired) electrons. The van der Waals surface area contributed by atoms with Crippen molar-refractivity contribution in [2.75, 3.05) is 26.2 Å². The number of nitrogens with one attached hydrogen (secondary N) is 1. The Morgan fingerprint density at radius 3 is 2.93 bits per heavy atom. The van der Waals surface area contributed by atoms with Crippen LogP contribution in [0.3, 0.4) is 0 Å². The molecule has 1 fully saturated rings. The van der Waals surface area contributed by atoms with Crippen molar-refractivity contribution in [3.63, 3.8) is 0 Å². The molecule has 1 saturated heterocycles. The first-order valence-corrected chi connectivity index (χ1v) is 5.87. The molecule has 1 heterocycles. The Morgan fingerprint density at radius 1 is 1.60 bits per heavy atom. The topological polar surface area (TPSA) is 58.4 Å². The third-order valence-electron chi connectivity index (χ3n) is 2.70. The van der Waals surface area contributed by atoms with Crippen LogP contribution in [0.4, 0.5) is 0 Å².